The van der Waals surface area contributed by atoms with E-state index in [0.29, 0.717) is 0 Å². The van der Waals surface area contributed by atoms with Crippen LogP contribution in [-0.2, 0) is 13.0 Å². The van der Waals surface area contributed by atoms with E-state index in [0.717, 1.165) is 28.6 Å². The molecule has 0 saturated heterocycles. The van der Waals surface area contributed by atoms with Crippen molar-refractivity contribution in [2.24, 2.45) is 0 Å². The molecule has 0 aliphatic heterocycles. The molecular weight excluding hydrogens is 302 g/mol. The van der Waals surface area contributed by atoms with Crippen molar-refractivity contribution in [3.63, 3.8) is 0 Å². The first-order chi connectivity index (χ1) is 10.2. The summed E-state index contributed by atoms with van der Waals surface area (Å²) in [6, 6.07) is 12.4. The fourth-order valence-electron chi connectivity index (χ4n) is 2.63. The summed E-state index contributed by atoms with van der Waals surface area (Å²) >= 11 is 7.58. The molecule has 1 aromatic carbocycles. The lowest BCUT2D eigenvalue weighted by atomic mass is 10.1. The molecule has 1 unspecified atom stereocenters. The summed E-state index contributed by atoms with van der Waals surface area (Å²) in [6.45, 7) is 5.12. The van der Waals surface area contributed by atoms with Gasteiger partial charge in [0.1, 0.15) is 11.3 Å². The van der Waals surface area contributed by atoms with Crippen molar-refractivity contribution in [1.82, 2.24) is 5.32 Å². The lowest BCUT2D eigenvalue weighted by Crippen LogP contribution is -2.18. The second-order valence-corrected chi connectivity index (χ2v) is 6.90. The van der Waals surface area contributed by atoms with Gasteiger partial charge in [0.2, 0.25) is 0 Å². The Morgan fingerprint density at radius 3 is 2.76 bits per heavy atom. The molecule has 0 saturated carbocycles. The van der Waals surface area contributed by atoms with Crippen LogP contribution in [0.3, 0.4) is 0 Å². The maximum absolute atomic E-state index is 6.06. The molecule has 0 spiro atoms. The van der Waals surface area contributed by atoms with Crippen LogP contribution in [-0.4, -0.2) is 0 Å². The Kier molecular flexibility index (Phi) is 4.34. The lowest BCUT2D eigenvalue weighted by Gasteiger charge is -2.12. The number of benzene rings is 1. The zero-order valence-corrected chi connectivity index (χ0v) is 13.7. The van der Waals surface area contributed by atoms with Crippen LogP contribution in [0.5, 0.6) is 0 Å². The fraction of sp³-hybridized carbons (Fsp3) is 0.294. The number of aryl methyl sites for hydroxylation is 1. The normalized spacial score (nSPS) is 12.9. The van der Waals surface area contributed by atoms with Crippen LogP contribution in [0.15, 0.2) is 40.8 Å². The Hall–Kier alpha value is -1.29. The highest BCUT2D eigenvalue weighted by molar-refractivity contribution is 7.16. The van der Waals surface area contributed by atoms with Gasteiger partial charge in [-0.05, 0) is 31.5 Å². The first-order valence-electron chi connectivity index (χ1n) is 7.17. The number of para-hydroxylation sites is 1. The first kappa shape index (κ1) is 14.6. The summed E-state index contributed by atoms with van der Waals surface area (Å²) in [4.78, 5) is 1.24. The molecule has 0 aliphatic rings. The Bertz CT molecular complexity index is 746. The first-order valence-corrected chi connectivity index (χ1v) is 8.36. The van der Waals surface area contributed by atoms with Crippen molar-refractivity contribution in [2.75, 3.05) is 0 Å². The number of thiophene rings is 1. The van der Waals surface area contributed by atoms with Crippen molar-refractivity contribution in [3.05, 3.63) is 56.9 Å². The number of hydrogen-bond donors (Lipinski definition) is 1. The molecule has 2 aromatic heterocycles. The number of nitrogens with one attached hydrogen (secondary N) is 1. The molecule has 0 bridgehead atoms. The third-order valence-electron chi connectivity index (χ3n) is 3.69. The van der Waals surface area contributed by atoms with Gasteiger partial charge in [-0.15, -0.1) is 11.3 Å². The monoisotopic (exact) mass is 319 g/mol. The van der Waals surface area contributed by atoms with E-state index < -0.39 is 0 Å². The van der Waals surface area contributed by atoms with E-state index in [4.69, 9.17) is 16.0 Å². The van der Waals surface area contributed by atoms with Crippen molar-refractivity contribution in [3.8, 4) is 0 Å². The van der Waals surface area contributed by atoms with Gasteiger partial charge in [-0.3, -0.25) is 0 Å². The molecule has 0 fully saturated rings. The van der Waals surface area contributed by atoms with Gasteiger partial charge >= 0.3 is 0 Å². The van der Waals surface area contributed by atoms with Gasteiger partial charge in [0.25, 0.3) is 0 Å². The van der Waals surface area contributed by atoms with Crippen molar-refractivity contribution >= 4 is 33.9 Å². The molecule has 21 heavy (non-hydrogen) atoms. The molecule has 1 atom stereocenters. The molecule has 2 nitrogen and oxygen atoms in total. The predicted octanol–water partition coefficient (Wildman–Crippen LogP) is 5.56. The summed E-state index contributed by atoms with van der Waals surface area (Å²) in [5, 5.41) is 4.75. The minimum absolute atomic E-state index is 0.174. The van der Waals surface area contributed by atoms with Crippen LogP contribution in [0.4, 0.5) is 0 Å². The predicted molar refractivity (Wildman–Crippen MR) is 90.2 cm³/mol. The second-order valence-electron chi connectivity index (χ2n) is 5.10. The third kappa shape index (κ3) is 3.00. The van der Waals surface area contributed by atoms with Gasteiger partial charge in [0.05, 0.1) is 10.4 Å². The van der Waals surface area contributed by atoms with E-state index in [1.165, 1.54) is 15.8 Å². The molecule has 0 aliphatic carbocycles. The molecular formula is C17H18ClNOS. The van der Waals surface area contributed by atoms with Crippen molar-refractivity contribution < 1.29 is 4.42 Å². The minimum atomic E-state index is 0.174. The van der Waals surface area contributed by atoms with Gasteiger partial charge < -0.3 is 9.73 Å². The minimum Gasteiger partial charge on any atom is -0.459 e. The standard InChI is InChI=1S/C17H18ClNOS/c1-3-13-14-6-4-5-7-15(14)20-17(13)11(2)19-10-12-8-9-16(18)21-12/h4-9,11,19H,3,10H2,1-2H3. The third-order valence-corrected chi connectivity index (χ3v) is 4.92. The molecule has 2 heterocycles. The molecule has 3 rings (SSSR count). The smallest absolute Gasteiger partial charge is 0.134 e. The van der Waals surface area contributed by atoms with Gasteiger partial charge in [-0.25, -0.2) is 0 Å². The van der Waals surface area contributed by atoms with Crippen molar-refractivity contribution in [1.29, 1.82) is 0 Å². The van der Waals surface area contributed by atoms with Crippen LogP contribution in [0, 0.1) is 0 Å². The zero-order valence-electron chi connectivity index (χ0n) is 12.2. The van der Waals surface area contributed by atoms with Gasteiger partial charge in [-0.2, -0.15) is 0 Å². The summed E-state index contributed by atoms with van der Waals surface area (Å²) in [7, 11) is 0. The summed E-state index contributed by atoms with van der Waals surface area (Å²) in [5.41, 5.74) is 2.27. The molecule has 4 heteroatoms. The summed E-state index contributed by atoms with van der Waals surface area (Å²) in [6.07, 6.45) is 0.975. The van der Waals surface area contributed by atoms with Gasteiger partial charge in [0.15, 0.2) is 0 Å². The number of hydrogen-bond acceptors (Lipinski definition) is 3. The zero-order chi connectivity index (χ0) is 14.8. The van der Waals surface area contributed by atoms with E-state index in [1.807, 2.05) is 18.2 Å². The highest BCUT2D eigenvalue weighted by Crippen LogP contribution is 2.31. The second kappa shape index (κ2) is 6.22. The Balaban J connectivity index is 1.82. The van der Waals surface area contributed by atoms with Crippen molar-refractivity contribution in [2.45, 2.75) is 32.9 Å². The topological polar surface area (TPSA) is 25.2 Å². The number of fused-ring (bicyclic) bond motifs is 1. The molecule has 0 radical (unpaired) electrons. The van der Waals surface area contributed by atoms with E-state index in [-0.39, 0.29) is 6.04 Å². The summed E-state index contributed by atoms with van der Waals surface area (Å²) < 4.78 is 6.89. The van der Waals surface area contributed by atoms with E-state index in [2.05, 4.69) is 37.4 Å². The fourth-order valence-corrected chi connectivity index (χ4v) is 3.66. The number of furan rings is 1. The number of rotatable bonds is 5. The number of halogens is 1. The molecule has 3 aromatic rings. The maximum atomic E-state index is 6.06. The van der Waals surface area contributed by atoms with Crippen LogP contribution in [0.25, 0.3) is 11.0 Å². The van der Waals surface area contributed by atoms with Crippen LogP contribution < -0.4 is 5.32 Å². The molecule has 0 amide bonds. The Morgan fingerprint density at radius 1 is 1.24 bits per heavy atom. The average molecular weight is 320 g/mol. The quantitative estimate of drug-likeness (QED) is 0.666. The average Bonchev–Trinajstić information content (AvgIpc) is 3.07. The molecule has 110 valence electrons. The van der Waals surface area contributed by atoms with E-state index >= 15 is 0 Å². The van der Waals surface area contributed by atoms with Gasteiger partial charge in [-0.1, -0.05) is 36.7 Å². The SMILES string of the molecule is CCc1c(C(C)NCc2ccc(Cl)s2)oc2ccccc12. The largest absolute Gasteiger partial charge is 0.459 e. The Morgan fingerprint density at radius 2 is 2.05 bits per heavy atom. The van der Waals surface area contributed by atoms with E-state index in [9.17, 15) is 0 Å². The lowest BCUT2D eigenvalue weighted by molar-refractivity contribution is 0.447. The van der Waals surface area contributed by atoms with Crippen LogP contribution >= 0.6 is 22.9 Å². The highest BCUT2D eigenvalue weighted by Gasteiger charge is 2.17. The summed E-state index contributed by atoms with van der Waals surface area (Å²) in [5.74, 6) is 1.04. The van der Waals surface area contributed by atoms with Crippen LogP contribution in [0.1, 0.15) is 36.1 Å². The maximum Gasteiger partial charge on any atom is 0.134 e. The van der Waals surface area contributed by atoms with Gasteiger partial charge in [0, 0.05) is 22.4 Å². The van der Waals surface area contributed by atoms with E-state index in [1.54, 1.807) is 11.3 Å². The van der Waals surface area contributed by atoms with Crippen LogP contribution in [0.2, 0.25) is 4.34 Å². The highest BCUT2D eigenvalue weighted by atomic mass is 35.5. The molecule has 1 N–H and O–H groups in total. The Labute approximate surface area is 133 Å².